The van der Waals surface area contributed by atoms with Gasteiger partial charge in [-0.1, -0.05) is 51.0 Å². The van der Waals surface area contributed by atoms with Gasteiger partial charge in [-0.15, -0.1) is 0 Å². The van der Waals surface area contributed by atoms with Gasteiger partial charge in [-0.25, -0.2) is 0 Å². The molecule has 2 aromatic heterocycles. The van der Waals surface area contributed by atoms with Gasteiger partial charge in [0.05, 0.1) is 0 Å². The average molecular weight is 228 g/mol. The monoisotopic (exact) mass is 228 g/mol. The number of hydrogen-bond donors (Lipinski definition) is 0. The molecule has 2 aromatic rings. The summed E-state index contributed by atoms with van der Waals surface area (Å²) in [7, 11) is 0. The summed E-state index contributed by atoms with van der Waals surface area (Å²) in [4.78, 5) is 9.08. The smallest absolute Gasteiger partial charge is 0.0204 e. The first kappa shape index (κ1) is 12.0. The SMILES string of the molecule is CCCC(CCC)(c1ccc[n-]1)c1ccc[n-]1. The van der Waals surface area contributed by atoms with E-state index >= 15 is 0 Å². The third-order valence-corrected chi connectivity index (χ3v) is 3.44. The molecule has 2 nitrogen and oxygen atoms in total. The van der Waals surface area contributed by atoms with E-state index in [1.165, 1.54) is 11.4 Å². The van der Waals surface area contributed by atoms with Crippen molar-refractivity contribution in [2.24, 2.45) is 0 Å². The molecule has 0 saturated heterocycles. The second kappa shape index (κ2) is 5.26. The van der Waals surface area contributed by atoms with E-state index in [4.69, 9.17) is 0 Å². The molecule has 0 aliphatic rings. The molecule has 0 amide bonds. The summed E-state index contributed by atoms with van der Waals surface area (Å²) in [5.41, 5.74) is 2.39. The van der Waals surface area contributed by atoms with Crippen LogP contribution in [0.4, 0.5) is 0 Å². The van der Waals surface area contributed by atoms with Crippen molar-refractivity contribution in [2.75, 3.05) is 0 Å². The topological polar surface area (TPSA) is 28.2 Å². The summed E-state index contributed by atoms with van der Waals surface area (Å²) in [6.07, 6.45) is 8.32. The number of aromatic nitrogens is 2. The van der Waals surface area contributed by atoms with Crippen LogP contribution in [0.15, 0.2) is 36.7 Å². The summed E-state index contributed by atoms with van der Waals surface area (Å²) in [5.74, 6) is 0. The molecule has 92 valence electrons. The Bertz CT molecular complexity index is 369. The fraction of sp³-hybridized carbons (Fsp3) is 0.467. The first-order chi connectivity index (χ1) is 8.33. The van der Waals surface area contributed by atoms with E-state index in [1.807, 2.05) is 24.5 Å². The Morgan fingerprint density at radius 3 is 1.65 bits per heavy atom. The lowest BCUT2D eigenvalue weighted by Crippen LogP contribution is -2.29. The minimum atomic E-state index is 0.0243. The van der Waals surface area contributed by atoms with Crippen molar-refractivity contribution in [1.29, 1.82) is 0 Å². The summed E-state index contributed by atoms with van der Waals surface area (Å²) in [6.45, 7) is 4.46. The van der Waals surface area contributed by atoms with Crippen molar-refractivity contribution in [1.82, 2.24) is 9.97 Å². The molecule has 0 aliphatic carbocycles. The molecule has 0 aliphatic heterocycles. The van der Waals surface area contributed by atoms with Gasteiger partial charge in [0.1, 0.15) is 0 Å². The van der Waals surface area contributed by atoms with Crippen molar-refractivity contribution in [3.63, 3.8) is 0 Å². The molecule has 2 heteroatoms. The third kappa shape index (κ3) is 2.17. The molecule has 0 spiro atoms. The first-order valence-electron chi connectivity index (χ1n) is 6.50. The van der Waals surface area contributed by atoms with Crippen LogP contribution in [0.3, 0.4) is 0 Å². The van der Waals surface area contributed by atoms with Crippen LogP contribution in [-0.2, 0) is 5.41 Å². The van der Waals surface area contributed by atoms with E-state index < -0.39 is 0 Å². The van der Waals surface area contributed by atoms with Crippen LogP contribution >= 0.6 is 0 Å². The molecular weight excluding hydrogens is 208 g/mol. The summed E-state index contributed by atoms with van der Waals surface area (Å²) < 4.78 is 0. The van der Waals surface area contributed by atoms with E-state index in [0.29, 0.717) is 0 Å². The van der Waals surface area contributed by atoms with Gasteiger partial charge in [0.25, 0.3) is 0 Å². The highest BCUT2D eigenvalue weighted by molar-refractivity contribution is 5.31. The van der Waals surface area contributed by atoms with Gasteiger partial charge in [-0.2, -0.15) is 23.8 Å². The minimum absolute atomic E-state index is 0.0243. The second-order valence-corrected chi connectivity index (χ2v) is 4.63. The fourth-order valence-corrected chi connectivity index (χ4v) is 2.79. The van der Waals surface area contributed by atoms with Gasteiger partial charge >= 0.3 is 0 Å². The van der Waals surface area contributed by atoms with Crippen LogP contribution in [0.25, 0.3) is 0 Å². The predicted molar refractivity (Wildman–Crippen MR) is 70.1 cm³/mol. The lowest BCUT2D eigenvalue weighted by molar-refractivity contribution is 0.405. The highest BCUT2D eigenvalue weighted by Gasteiger charge is 2.25. The average Bonchev–Trinajstić information content (AvgIpc) is 3.02. The molecule has 0 radical (unpaired) electrons. The molecule has 2 rings (SSSR count). The van der Waals surface area contributed by atoms with Crippen LogP contribution < -0.4 is 9.97 Å². The van der Waals surface area contributed by atoms with Gasteiger partial charge in [-0.3, -0.25) is 0 Å². The molecule has 0 fully saturated rings. The molecule has 0 unspecified atom stereocenters. The van der Waals surface area contributed by atoms with E-state index in [1.54, 1.807) is 0 Å². The first-order valence-corrected chi connectivity index (χ1v) is 6.50. The Morgan fingerprint density at radius 2 is 1.35 bits per heavy atom. The fourth-order valence-electron chi connectivity index (χ4n) is 2.79. The van der Waals surface area contributed by atoms with Crippen LogP contribution in [0.1, 0.15) is 50.9 Å². The molecule has 0 aromatic carbocycles. The Morgan fingerprint density at radius 1 is 0.882 bits per heavy atom. The van der Waals surface area contributed by atoms with Crippen molar-refractivity contribution < 1.29 is 0 Å². The number of rotatable bonds is 6. The van der Waals surface area contributed by atoms with Gasteiger partial charge in [-0.05, 0) is 18.3 Å². The van der Waals surface area contributed by atoms with Gasteiger partial charge in [0.2, 0.25) is 0 Å². The summed E-state index contributed by atoms with van der Waals surface area (Å²) in [6, 6.07) is 8.33. The lowest BCUT2D eigenvalue weighted by Gasteiger charge is -2.42. The van der Waals surface area contributed by atoms with E-state index in [2.05, 4.69) is 35.9 Å². The quantitative estimate of drug-likeness (QED) is 0.757. The zero-order chi connectivity index (χ0) is 12.1. The Balaban J connectivity index is 2.46. The van der Waals surface area contributed by atoms with E-state index in [9.17, 15) is 0 Å². The van der Waals surface area contributed by atoms with Crippen LogP contribution in [0.5, 0.6) is 0 Å². The molecule has 2 heterocycles. The molecule has 0 atom stereocenters. The standard InChI is InChI=1S/C15H20N2/c1-3-9-15(10-4-2,13-7-5-11-16-13)14-8-6-12-17-14/h5-8,11-12H,3-4,9-10H2,1-2H3/q-2. The van der Waals surface area contributed by atoms with E-state index in [0.717, 1.165) is 25.7 Å². The zero-order valence-corrected chi connectivity index (χ0v) is 10.7. The number of nitrogens with zero attached hydrogens (tertiary/aromatic N) is 2. The maximum atomic E-state index is 4.54. The summed E-state index contributed by atoms with van der Waals surface area (Å²) >= 11 is 0. The molecular formula is C15H20N2-2. The lowest BCUT2D eigenvalue weighted by atomic mass is 9.74. The van der Waals surface area contributed by atoms with Gasteiger partial charge in [0, 0.05) is 0 Å². The molecule has 0 N–H and O–H groups in total. The molecule has 0 bridgehead atoms. The van der Waals surface area contributed by atoms with Crippen LogP contribution in [-0.4, -0.2) is 0 Å². The maximum absolute atomic E-state index is 4.54. The zero-order valence-electron chi connectivity index (χ0n) is 10.7. The number of hydrogen-bond acceptors (Lipinski definition) is 0. The predicted octanol–water partition coefficient (Wildman–Crippen LogP) is 3.49. The van der Waals surface area contributed by atoms with Crippen molar-refractivity contribution in [2.45, 2.75) is 44.9 Å². The van der Waals surface area contributed by atoms with E-state index in [-0.39, 0.29) is 5.41 Å². The van der Waals surface area contributed by atoms with Crippen molar-refractivity contribution in [3.05, 3.63) is 48.0 Å². The highest BCUT2D eigenvalue weighted by Crippen LogP contribution is 2.38. The normalized spacial score (nSPS) is 11.9. The van der Waals surface area contributed by atoms with Crippen LogP contribution in [0.2, 0.25) is 0 Å². The Labute approximate surface area is 103 Å². The third-order valence-electron chi connectivity index (χ3n) is 3.44. The van der Waals surface area contributed by atoms with Gasteiger partial charge in [0.15, 0.2) is 0 Å². The molecule has 17 heavy (non-hydrogen) atoms. The maximum Gasteiger partial charge on any atom is -0.0204 e. The van der Waals surface area contributed by atoms with Crippen LogP contribution in [0, 0.1) is 0 Å². The minimum Gasteiger partial charge on any atom is -0.667 e. The molecule has 0 saturated carbocycles. The Kier molecular flexibility index (Phi) is 3.72. The second-order valence-electron chi connectivity index (χ2n) is 4.63. The highest BCUT2D eigenvalue weighted by atomic mass is 14.8. The largest absolute Gasteiger partial charge is 0.667 e. The Hall–Kier alpha value is -1.44. The summed E-state index contributed by atoms with van der Waals surface area (Å²) in [5, 5.41) is 0. The van der Waals surface area contributed by atoms with Gasteiger partial charge < -0.3 is 9.97 Å². The van der Waals surface area contributed by atoms with Crippen molar-refractivity contribution >= 4 is 0 Å². The van der Waals surface area contributed by atoms with Crippen molar-refractivity contribution in [3.8, 4) is 0 Å².